The molecule has 0 saturated carbocycles. The molecular formula is C19H22Cl2N2O2. The monoisotopic (exact) mass is 380 g/mol. The molecule has 1 aliphatic heterocycles. The average Bonchev–Trinajstić information content (AvgIpc) is 2.56. The molecule has 1 heterocycles. The van der Waals surface area contributed by atoms with Gasteiger partial charge >= 0.3 is 0 Å². The van der Waals surface area contributed by atoms with Gasteiger partial charge in [0.1, 0.15) is 5.75 Å². The van der Waals surface area contributed by atoms with Crippen molar-refractivity contribution in [2.75, 3.05) is 5.32 Å². The lowest BCUT2D eigenvalue weighted by atomic mass is 9.95. The van der Waals surface area contributed by atoms with Crippen molar-refractivity contribution in [1.29, 1.82) is 0 Å². The van der Waals surface area contributed by atoms with Crippen LogP contribution in [0.1, 0.15) is 25.0 Å². The van der Waals surface area contributed by atoms with Gasteiger partial charge in [-0.3, -0.25) is 4.79 Å². The topological polar surface area (TPSA) is 50.4 Å². The standard InChI is InChI=1S/C19H21ClN2O2.ClH/c1-12(2)24-18-8-7-15(10-16(18)20)22-19(23)17-9-13-5-3-4-6-14(13)11-21-17;/h3-8,10,12,17,21H,9,11H2,1-2H3,(H,22,23);1H. The predicted octanol–water partition coefficient (Wildman–Crippen LogP) is 4.20. The highest BCUT2D eigenvalue weighted by Gasteiger charge is 2.24. The third kappa shape index (κ3) is 4.88. The summed E-state index contributed by atoms with van der Waals surface area (Å²) in [5.74, 6) is 0.562. The molecule has 0 aromatic heterocycles. The summed E-state index contributed by atoms with van der Waals surface area (Å²) in [6, 6.07) is 13.2. The van der Waals surface area contributed by atoms with E-state index in [0.29, 0.717) is 29.4 Å². The van der Waals surface area contributed by atoms with E-state index >= 15 is 0 Å². The molecule has 0 radical (unpaired) electrons. The summed E-state index contributed by atoms with van der Waals surface area (Å²) in [4.78, 5) is 12.5. The van der Waals surface area contributed by atoms with Gasteiger partial charge < -0.3 is 15.4 Å². The highest BCUT2D eigenvalue weighted by atomic mass is 35.5. The number of amides is 1. The van der Waals surface area contributed by atoms with E-state index in [2.05, 4.69) is 22.8 Å². The van der Waals surface area contributed by atoms with Gasteiger partial charge in [-0.25, -0.2) is 0 Å². The molecule has 25 heavy (non-hydrogen) atoms. The number of fused-ring (bicyclic) bond motifs is 1. The lowest BCUT2D eigenvalue weighted by molar-refractivity contribution is -0.118. The SMILES string of the molecule is CC(C)Oc1ccc(NC(=O)C2Cc3ccccc3CN2)cc1Cl.Cl. The normalized spacial score (nSPS) is 15.9. The van der Waals surface area contributed by atoms with Gasteiger partial charge in [0.05, 0.1) is 17.2 Å². The van der Waals surface area contributed by atoms with Gasteiger partial charge in [-0.05, 0) is 49.6 Å². The minimum absolute atomic E-state index is 0. The van der Waals surface area contributed by atoms with Gasteiger partial charge in [0.15, 0.2) is 0 Å². The first kappa shape index (κ1) is 19.6. The Kier molecular flexibility index (Phi) is 6.71. The fourth-order valence-corrected chi connectivity index (χ4v) is 3.02. The van der Waals surface area contributed by atoms with E-state index in [4.69, 9.17) is 16.3 Å². The third-order valence-corrected chi connectivity index (χ3v) is 4.26. The van der Waals surface area contributed by atoms with Gasteiger partial charge in [0.2, 0.25) is 5.91 Å². The highest BCUT2D eigenvalue weighted by molar-refractivity contribution is 6.32. The molecule has 2 N–H and O–H groups in total. The van der Waals surface area contributed by atoms with Crippen molar-refractivity contribution in [3.8, 4) is 5.75 Å². The van der Waals surface area contributed by atoms with Gasteiger partial charge in [-0.15, -0.1) is 12.4 Å². The van der Waals surface area contributed by atoms with E-state index in [1.165, 1.54) is 11.1 Å². The molecule has 0 bridgehead atoms. The second-order valence-corrected chi connectivity index (χ2v) is 6.61. The Hall–Kier alpha value is -1.75. The molecule has 134 valence electrons. The number of ether oxygens (including phenoxy) is 1. The second-order valence-electron chi connectivity index (χ2n) is 6.21. The zero-order valence-electron chi connectivity index (χ0n) is 14.2. The van der Waals surface area contributed by atoms with Gasteiger partial charge in [-0.2, -0.15) is 0 Å². The van der Waals surface area contributed by atoms with E-state index < -0.39 is 0 Å². The number of halogens is 2. The average molecular weight is 381 g/mol. The number of hydrogen-bond acceptors (Lipinski definition) is 3. The van der Waals surface area contributed by atoms with Crippen LogP contribution in [0.2, 0.25) is 5.02 Å². The Bertz CT molecular complexity index is 750. The van der Waals surface area contributed by atoms with Crippen molar-refractivity contribution in [1.82, 2.24) is 5.32 Å². The predicted molar refractivity (Wildman–Crippen MR) is 104 cm³/mol. The molecule has 2 aromatic carbocycles. The van der Waals surface area contributed by atoms with Crippen LogP contribution in [0.3, 0.4) is 0 Å². The molecule has 1 aliphatic rings. The molecule has 0 fully saturated rings. The second kappa shape index (κ2) is 8.56. The zero-order valence-corrected chi connectivity index (χ0v) is 15.8. The number of hydrogen-bond donors (Lipinski definition) is 2. The van der Waals surface area contributed by atoms with E-state index in [0.717, 1.165) is 0 Å². The highest BCUT2D eigenvalue weighted by Crippen LogP contribution is 2.28. The molecule has 0 aliphatic carbocycles. The van der Waals surface area contributed by atoms with Crippen molar-refractivity contribution in [3.05, 3.63) is 58.6 Å². The molecule has 0 spiro atoms. The maximum Gasteiger partial charge on any atom is 0.241 e. The van der Waals surface area contributed by atoms with Gasteiger partial charge in [0.25, 0.3) is 0 Å². The first-order valence-corrected chi connectivity index (χ1v) is 8.48. The third-order valence-electron chi connectivity index (χ3n) is 3.96. The van der Waals surface area contributed by atoms with Crippen LogP contribution < -0.4 is 15.4 Å². The smallest absolute Gasteiger partial charge is 0.241 e. The summed E-state index contributed by atoms with van der Waals surface area (Å²) < 4.78 is 5.60. The zero-order chi connectivity index (χ0) is 17.1. The summed E-state index contributed by atoms with van der Waals surface area (Å²) in [7, 11) is 0. The summed E-state index contributed by atoms with van der Waals surface area (Å²) >= 11 is 6.22. The quantitative estimate of drug-likeness (QED) is 0.835. The molecule has 1 atom stereocenters. The van der Waals surface area contributed by atoms with Crippen LogP contribution in [0.4, 0.5) is 5.69 Å². The summed E-state index contributed by atoms with van der Waals surface area (Å²) in [5, 5.41) is 6.69. The summed E-state index contributed by atoms with van der Waals surface area (Å²) in [6.07, 6.45) is 0.735. The maximum atomic E-state index is 12.5. The Labute approximate surface area is 159 Å². The first-order valence-electron chi connectivity index (χ1n) is 8.10. The van der Waals surface area contributed by atoms with Crippen molar-refractivity contribution < 1.29 is 9.53 Å². The number of carbonyl (C=O) groups is 1. The number of carbonyl (C=O) groups excluding carboxylic acids is 1. The van der Waals surface area contributed by atoms with Crippen molar-refractivity contribution >= 4 is 35.6 Å². The van der Waals surface area contributed by atoms with Crippen LogP contribution in [0.15, 0.2) is 42.5 Å². The molecule has 3 rings (SSSR count). The Morgan fingerprint density at radius 2 is 1.96 bits per heavy atom. The van der Waals surface area contributed by atoms with Gasteiger partial charge in [0, 0.05) is 12.2 Å². The molecular weight excluding hydrogens is 359 g/mol. The molecule has 1 unspecified atom stereocenters. The van der Waals surface area contributed by atoms with E-state index in [1.54, 1.807) is 18.2 Å². The van der Waals surface area contributed by atoms with Crippen LogP contribution in [0.5, 0.6) is 5.75 Å². The number of anilines is 1. The van der Waals surface area contributed by atoms with Crippen LogP contribution >= 0.6 is 24.0 Å². The number of rotatable bonds is 4. The fourth-order valence-electron chi connectivity index (χ4n) is 2.80. The van der Waals surface area contributed by atoms with Crippen LogP contribution in [-0.2, 0) is 17.8 Å². The Morgan fingerprint density at radius 1 is 1.24 bits per heavy atom. The van der Waals surface area contributed by atoms with Crippen molar-refractivity contribution in [3.63, 3.8) is 0 Å². The van der Waals surface area contributed by atoms with E-state index in [-0.39, 0.29) is 30.5 Å². The Morgan fingerprint density at radius 3 is 2.64 bits per heavy atom. The maximum absolute atomic E-state index is 12.5. The van der Waals surface area contributed by atoms with Crippen molar-refractivity contribution in [2.45, 2.75) is 39.0 Å². The molecule has 4 nitrogen and oxygen atoms in total. The lowest BCUT2D eigenvalue weighted by Crippen LogP contribution is -2.44. The van der Waals surface area contributed by atoms with E-state index in [9.17, 15) is 4.79 Å². The van der Waals surface area contributed by atoms with E-state index in [1.807, 2.05) is 26.0 Å². The molecule has 1 amide bonds. The van der Waals surface area contributed by atoms with Gasteiger partial charge in [-0.1, -0.05) is 35.9 Å². The largest absolute Gasteiger partial charge is 0.489 e. The first-order chi connectivity index (χ1) is 11.5. The summed E-state index contributed by atoms with van der Waals surface area (Å²) in [5.41, 5.74) is 3.14. The molecule has 0 saturated heterocycles. The van der Waals surface area contributed by atoms with Crippen LogP contribution in [0, 0.1) is 0 Å². The molecule has 2 aromatic rings. The minimum atomic E-state index is -0.245. The minimum Gasteiger partial charge on any atom is -0.489 e. The molecule has 6 heteroatoms. The van der Waals surface area contributed by atoms with Crippen molar-refractivity contribution in [2.24, 2.45) is 0 Å². The Balaban J connectivity index is 0.00000225. The lowest BCUT2D eigenvalue weighted by Gasteiger charge is -2.25. The summed E-state index contributed by atoms with van der Waals surface area (Å²) in [6.45, 7) is 4.59. The van der Waals surface area contributed by atoms with Crippen LogP contribution in [-0.4, -0.2) is 18.1 Å². The fraction of sp³-hybridized carbons (Fsp3) is 0.316. The van der Waals surface area contributed by atoms with Crippen LogP contribution in [0.25, 0.3) is 0 Å². The number of benzene rings is 2. The number of nitrogens with one attached hydrogen (secondary N) is 2.